The van der Waals surface area contributed by atoms with Gasteiger partial charge in [-0.2, -0.15) is 0 Å². The van der Waals surface area contributed by atoms with Crippen LogP contribution in [0.25, 0.3) is 0 Å². The molecule has 2 unspecified atom stereocenters. The first-order chi connectivity index (χ1) is 11.7. The summed E-state index contributed by atoms with van der Waals surface area (Å²) in [6.45, 7) is 0. The summed E-state index contributed by atoms with van der Waals surface area (Å²) in [6, 6.07) is 0. The molecule has 0 aromatic heterocycles. The van der Waals surface area contributed by atoms with Gasteiger partial charge in [0, 0.05) is 23.7 Å². The van der Waals surface area contributed by atoms with Gasteiger partial charge in [-0.3, -0.25) is 9.59 Å². The van der Waals surface area contributed by atoms with Gasteiger partial charge < -0.3 is 9.47 Å². The molecule has 0 radical (unpaired) electrons. The molecule has 128 valence electrons. The summed E-state index contributed by atoms with van der Waals surface area (Å²) < 4.78 is 9.83. The Labute approximate surface area is 136 Å². The number of esters is 2. The lowest BCUT2D eigenvalue weighted by Gasteiger charge is -2.48. The minimum atomic E-state index is -0.324. The fraction of sp³-hybridized carbons (Fsp3) is 0.750. The van der Waals surface area contributed by atoms with Crippen LogP contribution >= 0.6 is 0 Å². The minimum absolute atomic E-state index is 0.0617. The van der Waals surface area contributed by atoms with Crippen LogP contribution in [0.3, 0.4) is 0 Å². The number of hydrogen-bond donors (Lipinski definition) is 0. The molecule has 8 rings (SSSR count). The molecule has 0 aromatic rings. The van der Waals surface area contributed by atoms with Crippen LogP contribution in [-0.4, -0.2) is 50.6 Å². The molecule has 2 saturated carbocycles. The van der Waals surface area contributed by atoms with Crippen LogP contribution < -0.4 is 0 Å². The Bertz CT molecular complexity index is 602. The molecule has 8 nitrogen and oxygen atoms in total. The van der Waals surface area contributed by atoms with Gasteiger partial charge in [-0.15, -0.1) is 0 Å². The molecule has 24 heavy (non-hydrogen) atoms. The van der Waals surface area contributed by atoms with E-state index in [0.29, 0.717) is 0 Å². The minimum Gasteiger partial charge on any atom is -0.469 e. The Morgan fingerprint density at radius 2 is 0.958 bits per heavy atom. The van der Waals surface area contributed by atoms with E-state index in [1.165, 1.54) is 14.2 Å². The van der Waals surface area contributed by atoms with Gasteiger partial charge in [-0.25, -0.2) is 19.6 Å². The second-order valence-electron chi connectivity index (χ2n) is 7.39. The quantitative estimate of drug-likeness (QED) is 0.388. The fourth-order valence-electron chi connectivity index (χ4n) is 5.69. The first-order valence-electron chi connectivity index (χ1n) is 8.22. The monoisotopic (exact) mass is 336 g/mol. The highest BCUT2D eigenvalue weighted by Crippen LogP contribution is 2.71. The van der Waals surface area contributed by atoms with Gasteiger partial charge in [0.25, 0.3) is 0 Å². The topological polar surface area (TPSA) is 89.5 Å². The molecule has 8 aliphatic rings. The maximum atomic E-state index is 12.0. The Balaban J connectivity index is 1.38. The van der Waals surface area contributed by atoms with E-state index >= 15 is 0 Å². The zero-order chi connectivity index (χ0) is 16.3. The van der Waals surface area contributed by atoms with Crippen molar-refractivity contribution in [3.63, 3.8) is 0 Å². The Morgan fingerprint density at radius 3 is 1.21 bits per heavy atom. The number of hydrogen-bond acceptors (Lipinski definition) is 8. The van der Waals surface area contributed by atoms with Gasteiger partial charge >= 0.3 is 11.9 Å². The largest absolute Gasteiger partial charge is 0.469 e. The summed E-state index contributed by atoms with van der Waals surface area (Å²) in [5, 5.41) is 0. The standard InChI is InChI=1S/C16H16O8/c1-19-15(17)7-3-4(7)12-10-9(11(3)21-22-12)13-5-6(14(10)24-23-13)8(5)16(18)20-2/h3-8,11-14H,1-2H3/t3-,4+,5+,6-,7?,8?,11-,12+,13+,14-. The highest BCUT2D eigenvalue weighted by Gasteiger charge is 2.79. The molecule has 2 saturated heterocycles. The Kier molecular flexibility index (Phi) is 2.40. The lowest BCUT2D eigenvalue weighted by molar-refractivity contribution is -0.417. The van der Waals surface area contributed by atoms with Crippen molar-refractivity contribution in [2.24, 2.45) is 35.5 Å². The molecular formula is C16H16O8. The zero-order valence-electron chi connectivity index (χ0n) is 13.0. The summed E-state index contributed by atoms with van der Waals surface area (Å²) in [6.07, 6.45) is -1.30. The molecule has 0 amide bonds. The number of ether oxygens (including phenoxy) is 2. The van der Waals surface area contributed by atoms with Crippen molar-refractivity contribution >= 4 is 11.9 Å². The van der Waals surface area contributed by atoms with Crippen LogP contribution in [0.1, 0.15) is 0 Å². The molecule has 0 aromatic carbocycles. The van der Waals surface area contributed by atoms with Gasteiger partial charge in [0.2, 0.25) is 0 Å². The third-order valence-electron chi connectivity index (χ3n) is 6.70. The van der Waals surface area contributed by atoms with E-state index in [0.717, 1.165) is 11.1 Å². The predicted molar refractivity (Wildman–Crippen MR) is 71.5 cm³/mol. The first kappa shape index (κ1) is 13.8. The van der Waals surface area contributed by atoms with Crippen LogP contribution in [-0.2, 0) is 38.6 Å². The summed E-state index contributed by atoms with van der Waals surface area (Å²) in [5.41, 5.74) is 2.03. The third-order valence-corrected chi connectivity index (χ3v) is 6.70. The smallest absolute Gasteiger partial charge is 0.309 e. The van der Waals surface area contributed by atoms with E-state index < -0.39 is 0 Å². The third kappa shape index (κ3) is 1.34. The second-order valence-corrected chi connectivity index (χ2v) is 7.39. The van der Waals surface area contributed by atoms with Crippen molar-refractivity contribution in [2.45, 2.75) is 24.4 Å². The van der Waals surface area contributed by atoms with Gasteiger partial charge in [-0.05, 0) is 11.1 Å². The summed E-state index contributed by atoms with van der Waals surface area (Å²) >= 11 is 0. The molecule has 0 N–H and O–H groups in total. The second kappa shape index (κ2) is 4.19. The van der Waals surface area contributed by atoms with Crippen LogP contribution in [0.5, 0.6) is 0 Å². The molecule has 4 aliphatic heterocycles. The first-order valence-corrected chi connectivity index (χ1v) is 8.22. The number of methoxy groups -OCH3 is 2. The van der Waals surface area contributed by atoms with Crippen molar-refractivity contribution in [2.75, 3.05) is 14.2 Å². The lowest BCUT2D eigenvalue weighted by Crippen LogP contribution is -2.54. The molecule has 4 aliphatic carbocycles. The maximum absolute atomic E-state index is 12.0. The number of rotatable bonds is 2. The van der Waals surface area contributed by atoms with Crippen molar-refractivity contribution in [1.82, 2.24) is 0 Å². The molecule has 4 bridgehead atoms. The lowest BCUT2D eigenvalue weighted by atomic mass is 9.75. The summed E-state index contributed by atoms with van der Waals surface area (Å²) in [4.78, 5) is 46.2. The van der Waals surface area contributed by atoms with E-state index in [4.69, 9.17) is 29.0 Å². The van der Waals surface area contributed by atoms with Gasteiger partial charge in [-0.1, -0.05) is 0 Å². The number of fused-ring (bicyclic) bond motifs is 2. The normalized spacial score (nSPS) is 54.6. The van der Waals surface area contributed by atoms with E-state index in [1.807, 2.05) is 0 Å². The van der Waals surface area contributed by atoms with E-state index in [-0.39, 0.29) is 71.9 Å². The van der Waals surface area contributed by atoms with Crippen molar-refractivity contribution in [3.8, 4) is 0 Å². The maximum Gasteiger partial charge on any atom is 0.309 e. The fourth-order valence-corrected chi connectivity index (χ4v) is 5.69. The highest BCUT2D eigenvalue weighted by molar-refractivity contribution is 5.79. The molecule has 4 heterocycles. The zero-order valence-corrected chi connectivity index (χ0v) is 13.0. The highest BCUT2D eigenvalue weighted by atomic mass is 17.2. The average molecular weight is 336 g/mol. The van der Waals surface area contributed by atoms with Crippen molar-refractivity contribution in [3.05, 3.63) is 11.1 Å². The van der Waals surface area contributed by atoms with Gasteiger partial charge in [0.1, 0.15) is 24.4 Å². The molecule has 4 fully saturated rings. The average Bonchev–Trinajstić information content (AvgIpc) is 3.53. The van der Waals surface area contributed by atoms with E-state index in [9.17, 15) is 9.59 Å². The number of carbonyl (C=O) groups excluding carboxylic acids is 2. The SMILES string of the molecule is COC(=O)C1[C@@H]2[C@H]1[C@H]1OO[C@@H]2C2=C1[C@H]1OO[C@@H]2[C@H]2C(C(=O)OC)[C@H]21. The van der Waals surface area contributed by atoms with E-state index in [2.05, 4.69) is 0 Å². The predicted octanol–water partition coefficient (Wildman–Crippen LogP) is -0.221. The number of carbonyl (C=O) groups is 2. The summed E-state index contributed by atoms with van der Waals surface area (Å²) in [5.74, 6) is -0.603. The van der Waals surface area contributed by atoms with Crippen LogP contribution in [0.2, 0.25) is 0 Å². The Hall–Kier alpha value is -1.48. The van der Waals surface area contributed by atoms with Gasteiger partial charge in [0.15, 0.2) is 0 Å². The van der Waals surface area contributed by atoms with Crippen molar-refractivity contribution < 1.29 is 38.6 Å². The van der Waals surface area contributed by atoms with Gasteiger partial charge in [0.05, 0.1) is 26.1 Å². The van der Waals surface area contributed by atoms with Crippen LogP contribution in [0.15, 0.2) is 11.1 Å². The van der Waals surface area contributed by atoms with Crippen LogP contribution in [0, 0.1) is 35.5 Å². The molecule has 10 atom stereocenters. The van der Waals surface area contributed by atoms with Crippen LogP contribution in [0.4, 0.5) is 0 Å². The molecule has 8 heteroatoms. The molecular weight excluding hydrogens is 320 g/mol. The molecule has 0 spiro atoms. The van der Waals surface area contributed by atoms with E-state index in [1.54, 1.807) is 0 Å². The van der Waals surface area contributed by atoms with Crippen molar-refractivity contribution in [1.29, 1.82) is 0 Å². The Morgan fingerprint density at radius 1 is 0.667 bits per heavy atom. The summed E-state index contributed by atoms with van der Waals surface area (Å²) in [7, 11) is 2.80.